The van der Waals surface area contributed by atoms with E-state index >= 15 is 0 Å². The van der Waals surface area contributed by atoms with E-state index in [9.17, 15) is 4.79 Å². The molecule has 84 valence electrons. The van der Waals surface area contributed by atoms with Crippen molar-refractivity contribution in [3.63, 3.8) is 0 Å². The smallest absolute Gasteiger partial charge is 0.182 e. The Balaban J connectivity index is 2.54. The highest BCUT2D eigenvalue weighted by Crippen LogP contribution is 2.17. The molecular formula is C10H16ClN3O. The number of Topliss-reactive ketones (excluding diaryl/α,β-unsaturated/α-hetero) is 1. The molecule has 1 unspecified atom stereocenters. The van der Waals surface area contributed by atoms with E-state index in [0.717, 1.165) is 12.8 Å². The van der Waals surface area contributed by atoms with Gasteiger partial charge in [0.15, 0.2) is 5.78 Å². The van der Waals surface area contributed by atoms with Crippen molar-refractivity contribution in [1.82, 2.24) is 9.78 Å². The van der Waals surface area contributed by atoms with E-state index < -0.39 is 0 Å². The van der Waals surface area contributed by atoms with Crippen LogP contribution in [0.5, 0.6) is 0 Å². The summed E-state index contributed by atoms with van der Waals surface area (Å²) in [5.74, 6) is 0.0284. The molecular weight excluding hydrogens is 214 g/mol. The Bertz CT molecular complexity index is 327. The van der Waals surface area contributed by atoms with Crippen molar-refractivity contribution >= 4 is 17.4 Å². The van der Waals surface area contributed by atoms with Crippen LogP contribution in [0.1, 0.15) is 36.7 Å². The van der Waals surface area contributed by atoms with Gasteiger partial charge in [-0.3, -0.25) is 9.48 Å². The van der Waals surface area contributed by atoms with Gasteiger partial charge in [-0.25, -0.2) is 0 Å². The molecule has 0 spiro atoms. The fourth-order valence-electron chi connectivity index (χ4n) is 1.43. The first-order chi connectivity index (χ1) is 7.02. The minimum Gasteiger partial charge on any atom is -0.328 e. The zero-order valence-corrected chi connectivity index (χ0v) is 9.79. The third-order valence-electron chi connectivity index (χ3n) is 2.22. The van der Waals surface area contributed by atoms with Gasteiger partial charge < -0.3 is 5.73 Å². The molecule has 0 fully saturated rings. The average Bonchev–Trinajstić information content (AvgIpc) is 2.45. The molecule has 4 nitrogen and oxygen atoms in total. The zero-order chi connectivity index (χ0) is 11.4. The molecule has 1 aromatic heterocycles. The molecule has 0 aliphatic carbocycles. The van der Waals surface area contributed by atoms with Crippen LogP contribution in [0, 0.1) is 0 Å². The van der Waals surface area contributed by atoms with Crippen molar-refractivity contribution in [3.8, 4) is 0 Å². The van der Waals surface area contributed by atoms with E-state index in [1.165, 1.54) is 10.9 Å². The predicted octanol–water partition coefficient (Wildman–Crippen LogP) is 1.77. The van der Waals surface area contributed by atoms with Crippen LogP contribution in [0.2, 0.25) is 5.02 Å². The summed E-state index contributed by atoms with van der Waals surface area (Å²) in [6, 6.07) is 0.139. The number of carbonyl (C=O) groups is 1. The van der Waals surface area contributed by atoms with Crippen molar-refractivity contribution in [2.45, 2.75) is 32.2 Å². The van der Waals surface area contributed by atoms with Crippen LogP contribution >= 0.6 is 11.6 Å². The lowest BCUT2D eigenvalue weighted by Gasteiger charge is -2.04. The SMILES string of the molecule is CC(N)CCCC(=O)c1c(Cl)cnn1C. The molecule has 2 N–H and O–H groups in total. The van der Waals surface area contributed by atoms with E-state index in [4.69, 9.17) is 17.3 Å². The summed E-state index contributed by atoms with van der Waals surface area (Å²) in [5, 5.41) is 4.34. The van der Waals surface area contributed by atoms with Crippen LogP contribution in [0.15, 0.2) is 6.20 Å². The average molecular weight is 230 g/mol. The lowest BCUT2D eigenvalue weighted by atomic mass is 10.1. The maximum atomic E-state index is 11.7. The third kappa shape index (κ3) is 3.32. The molecule has 0 aromatic carbocycles. The van der Waals surface area contributed by atoms with Crippen molar-refractivity contribution in [2.24, 2.45) is 12.8 Å². The number of carbonyl (C=O) groups excluding carboxylic acids is 1. The summed E-state index contributed by atoms with van der Waals surface area (Å²) in [7, 11) is 1.71. The Morgan fingerprint density at radius 3 is 2.87 bits per heavy atom. The summed E-state index contributed by atoms with van der Waals surface area (Å²) >= 11 is 5.85. The second kappa shape index (κ2) is 5.28. The highest BCUT2D eigenvalue weighted by molar-refractivity contribution is 6.33. The Kier molecular flexibility index (Phi) is 4.29. The molecule has 15 heavy (non-hydrogen) atoms. The largest absolute Gasteiger partial charge is 0.328 e. The summed E-state index contributed by atoms with van der Waals surface area (Å²) in [4.78, 5) is 11.7. The fourth-order valence-corrected chi connectivity index (χ4v) is 1.70. The van der Waals surface area contributed by atoms with Crippen molar-refractivity contribution in [2.75, 3.05) is 0 Å². The summed E-state index contributed by atoms with van der Waals surface area (Å²) in [6.07, 6.45) is 3.60. The Hall–Kier alpha value is -0.870. The standard InChI is InChI=1S/C10H16ClN3O/c1-7(12)4-3-5-9(15)10-8(11)6-13-14(10)2/h6-7H,3-5,12H2,1-2H3. The number of ketones is 1. The lowest BCUT2D eigenvalue weighted by Crippen LogP contribution is -2.15. The fraction of sp³-hybridized carbons (Fsp3) is 0.600. The highest BCUT2D eigenvalue weighted by Gasteiger charge is 2.14. The lowest BCUT2D eigenvalue weighted by molar-refractivity contribution is 0.0970. The molecule has 0 bridgehead atoms. The highest BCUT2D eigenvalue weighted by atomic mass is 35.5. The van der Waals surface area contributed by atoms with E-state index in [-0.39, 0.29) is 11.8 Å². The molecule has 0 saturated carbocycles. The van der Waals surface area contributed by atoms with Crippen LogP contribution in [0.4, 0.5) is 0 Å². The minimum atomic E-state index is 0.0284. The first-order valence-corrected chi connectivity index (χ1v) is 5.36. The van der Waals surface area contributed by atoms with Gasteiger partial charge in [0.25, 0.3) is 0 Å². The van der Waals surface area contributed by atoms with Crippen molar-refractivity contribution < 1.29 is 4.79 Å². The third-order valence-corrected chi connectivity index (χ3v) is 2.50. The number of aromatic nitrogens is 2. The van der Waals surface area contributed by atoms with Crippen LogP contribution in [0.3, 0.4) is 0 Å². The first-order valence-electron chi connectivity index (χ1n) is 4.98. The maximum absolute atomic E-state index is 11.7. The molecule has 1 aromatic rings. The number of hydrogen-bond donors (Lipinski definition) is 1. The van der Waals surface area contributed by atoms with Gasteiger partial charge in [-0.15, -0.1) is 0 Å². The second-order valence-corrected chi connectivity index (χ2v) is 4.16. The van der Waals surface area contributed by atoms with Gasteiger partial charge in [-0.2, -0.15) is 5.10 Å². The Labute approximate surface area is 94.4 Å². The van der Waals surface area contributed by atoms with E-state index in [1.54, 1.807) is 7.05 Å². The van der Waals surface area contributed by atoms with E-state index in [1.807, 2.05) is 6.92 Å². The molecule has 0 aliphatic rings. The Morgan fingerprint density at radius 2 is 2.40 bits per heavy atom. The molecule has 0 saturated heterocycles. The van der Waals surface area contributed by atoms with Crippen LogP contribution in [0.25, 0.3) is 0 Å². The molecule has 1 rings (SSSR count). The zero-order valence-electron chi connectivity index (χ0n) is 9.03. The summed E-state index contributed by atoms with van der Waals surface area (Å²) in [6.45, 7) is 1.93. The van der Waals surface area contributed by atoms with Gasteiger partial charge in [0.1, 0.15) is 5.69 Å². The normalized spacial score (nSPS) is 12.8. The molecule has 0 amide bonds. The number of rotatable bonds is 5. The number of halogens is 1. The van der Waals surface area contributed by atoms with Gasteiger partial charge in [0, 0.05) is 19.5 Å². The van der Waals surface area contributed by atoms with E-state index in [2.05, 4.69) is 5.10 Å². The summed E-state index contributed by atoms with van der Waals surface area (Å²) in [5.41, 5.74) is 6.09. The van der Waals surface area contributed by atoms with Gasteiger partial charge in [0.2, 0.25) is 0 Å². The Morgan fingerprint density at radius 1 is 1.73 bits per heavy atom. The predicted molar refractivity (Wildman–Crippen MR) is 60.0 cm³/mol. The molecule has 5 heteroatoms. The van der Waals surface area contributed by atoms with E-state index in [0.29, 0.717) is 17.1 Å². The van der Waals surface area contributed by atoms with Gasteiger partial charge in [0.05, 0.1) is 11.2 Å². The number of aryl methyl sites for hydroxylation is 1. The number of nitrogens with zero attached hydrogens (tertiary/aromatic N) is 2. The number of nitrogens with two attached hydrogens (primary N) is 1. The van der Waals surface area contributed by atoms with Crippen LogP contribution in [-0.4, -0.2) is 21.6 Å². The van der Waals surface area contributed by atoms with Crippen molar-refractivity contribution in [1.29, 1.82) is 0 Å². The van der Waals surface area contributed by atoms with Gasteiger partial charge >= 0.3 is 0 Å². The van der Waals surface area contributed by atoms with Crippen LogP contribution < -0.4 is 5.73 Å². The molecule has 1 heterocycles. The molecule has 0 radical (unpaired) electrons. The second-order valence-electron chi connectivity index (χ2n) is 3.76. The van der Waals surface area contributed by atoms with Gasteiger partial charge in [-0.1, -0.05) is 11.6 Å². The maximum Gasteiger partial charge on any atom is 0.182 e. The summed E-state index contributed by atoms with van der Waals surface area (Å²) < 4.78 is 1.51. The van der Waals surface area contributed by atoms with Gasteiger partial charge in [-0.05, 0) is 19.8 Å². The number of hydrogen-bond acceptors (Lipinski definition) is 3. The quantitative estimate of drug-likeness (QED) is 0.783. The topological polar surface area (TPSA) is 60.9 Å². The minimum absolute atomic E-state index is 0.0284. The molecule has 0 aliphatic heterocycles. The molecule has 1 atom stereocenters. The first kappa shape index (κ1) is 12.2. The van der Waals surface area contributed by atoms with Crippen molar-refractivity contribution in [3.05, 3.63) is 16.9 Å². The monoisotopic (exact) mass is 229 g/mol. The van der Waals surface area contributed by atoms with Crippen LogP contribution in [-0.2, 0) is 7.05 Å².